The van der Waals surface area contributed by atoms with E-state index in [-0.39, 0.29) is 18.9 Å². The van der Waals surface area contributed by atoms with Crippen LogP contribution in [0.5, 0.6) is 11.5 Å². The van der Waals surface area contributed by atoms with Crippen molar-refractivity contribution in [3.63, 3.8) is 0 Å². The molecule has 8 nitrogen and oxygen atoms in total. The van der Waals surface area contributed by atoms with Crippen molar-refractivity contribution in [1.82, 2.24) is 10.9 Å². The molecule has 0 aromatic heterocycles. The van der Waals surface area contributed by atoms with Crippen molar-refractivity contribution in [2.24, 2.45) is 4.99 Å². The van der Waals surface area contributed by atoms with E-state index in [4.69, 9.17) is 35.9 Å². The maximum Gasteiger partial charge on any atom is 0.266 e. The van der Waals surface area contributed by atoms with Crippen molar-refractivity contribution >= 4 is 39.3 Å². The minimum absolute atomic E-state index is 0.0601. The van der Waals surface area contributed by atoms with Crippen LogP contribution in [0.1, 0.15) is 34.8 Å². The molecule has 0 unspecified atom stereocenters. The number of aliphatic hydroxyl groups excluding tert-OH is 1. The smallest absolute Gasteiger partial charge is 0.266 e. The fourth-order valence-corrected chi connectivity index (χ4v) is 5.51. The Labute approximate surface area is 270 Å². The van der Waals surface area contributed by atoms with Gasteiger partial charge in [-0.1, -0.05) is 70.0 Å². The second-order valence-electron chi connectivity index (χ2n) is 10.3. The van der Waals surface area contributed by atoms with Crippen LogP contribution in [0.15, 0.2) is 107 Å². The van der Waals surface area contributed by atoms with Gasteiger partial charge in [-0.15, -0.1) is 0 Å². The Balaban J connectivity index is 1.53. The third-order valence-electron chi connectivity index (χ3n) is 7.25. The summed E-state index contributed by atoms with van der Waals surface area (Å²) in [6.45, 7) is 0.848. The molecule has 4 aromatic carbocycles. The van der Waals surface area contributed by atoms with Crippen LogP contribution >= 0.6 is 27.5 Å². The molecule has 1 heterocycles. The van der Waals surface area contributed by atoms with E-state index >= 15 is 0 Å². The largest absolute Gasteiger partial charge is 0.497 e. The van der Waals surface area contributed by atoms with Crippen molar-refractivity contribution in [2.75, 3.05) is 20.3 Å². The van der Waals surface area contributed by atoms with Gasteiger partial charge in [-0.05, 0) is 71.3 Å². The van der Waals surface area contributed by atoms with Crippen molar-refractivity contribution in [3.8, 4) is 11.5 Å². The van der Waals surface area contributed by atoms with Crippen LogP contribution in [0.4, 0.5) is 0 Å². The number of carbonyl (C=O) groups is 1. The van der Waals surface area contributed by atoms with E-state index in [0.717, 1.165) is 21.2 Å². The maximum atomic E-state index is 14.4. The SMILES string of the molecule is COc1cccc([C@@H]2OC(c3ccc(OCCCO)cc3)=N[C@]2(Cc2ccccc2Br)C(=O)NNCc2ccc(Cl)cc2)c1. The van der Waals surface area contributed by atoms with Crippen molar-refractivity contribution in [1.29, 1.82) is 0 Å². The van der Waals surface area contributed by atoms with Gasteiger partial charge < -0.3 is 19.3 Å². The summed E-state index contributed by atoms with van der Waals surface area (Å²) in [6, 6.07) is 30.0. The summed E-state index contributed by atoms with van der Waals surface area (Å²) >= 11 is 9.70. The summed E-state index contributed by atoms with van der Waals surface area (Å²) in [4.78, 5) is 19.4. The highest BCUT2D eigenvalue weighted by atomic mass is 79.9. The van der Waals surface area contributed by atoms with E-state index in [2.05, 4.69) is 26.8 Å². The zero-order valence-electron chi connectivity index (χ0n) is 24.1. The molecule has 1 aliphatic heterocycles. The Bertz CT molecular complexity index is 1600. The molecule has 0 spiro atoms. The number of aliphatic imine (C=N–C) groups is 1. The zero-order chi connectivity index (χ0) is 30.9. The summed E-state index contributed by atoms with van der Waals surface area (Å²) in [5, 5.41) is 9.70. The highest BCUT2D eigenvalue weighted by Gasteiger charge is 2.53. The lowest BCUT2D eigenvalue weighted by Gasteiger charge is -2.31. The Morgan fingerprint density at radius 3 is 2.52 bits per heavy atom. The molecule has 44 heavy (non-hydrogen) atoms. The Morgan fingerprint density at radius 2 is 1.80 bits per heavy atom. The number of nitrogens with one attached hydrogen (secondary N) is 2. The fourth-order valence-electron chi connectivity index (χ4n) is 4.96. The van der Waals surface area contributed by atoms with Crippen LogP contribution < -0.4 is 20.3 Å². The molecular weight excluding hydrogens is 646 g/mol. The number of nitrogens with zero attached hydrogens (tertiary/aromatic N) is 1. The topological polar surface area (TPSA) is 101 Å². The van der Waals surface area contributed by atoms with Gasteiger partial charge in [0.2, 0.25) is 5.90 Å². The summed E-state index contributed by atoms with van der Waals surface area (Å²) in [6.07, 6.45) is 0.00676. The summed E-state index contributed by atoms with van der Waals surface area (Å²) < 4.78 is 18.7. The van der Waals surface area contributed by atoms with Gasteiger partial charge in [0, 0.05) is 41.1 Å². The molecule has 4 aromatic rings. The number of amides is 1. The molecule has 1 aliphatic rings. The molecular formula is C34H33BrClN3O5. The third-order valence-corrected chi connectivity index (χ3v) is 8.28. The lowest BCUT2D eigenvalue weighted by Crippen LogP contribution is -2.53. The number of benzene rings is 4. The van der Waals surface area contributed by atoms with Crippen molar-refractivity contribution < 1.29 is 24.1 Å². The van der Waals surface area contributed by atoms with Gasteiger partial charge >= 0.3 is 0 Å². The second kappa shape index (κ2) is 14.7. The number of carbonyl (C=O) groups excluding carboxylic acids is 1. The first-order chi connectivity index (χ1) is 21.4. The first-order valence-electron chi connectivity index (χ1n) is 14.2. The van der Waals surface area contributed by atoms with E-state index in [1.165, 1.54) is 0 Å². The molecule has 5 rings (SSSR count). The Hall–Kier alpha value is -3.89. The third kappa shape index (κ3) is 7.42. The monoisotopic (exact) mass is 677 g/mol. The number of rotatable bonds is 13. The van der Waals surface area contributed by atoms with E-state index in [1.54, 1.807) is 19.2 Å². The number of hydrogen-bond donors (Lipinski definition) is 3. The summed E-state index contributed by atoms with van der Waals surface area (Å²) in [7, 11) is 1.60. The standard InChI is InChI=1S/C34H33BrClN3O5/c1-42-29-8-4-7-25(20-29)31-34(21-26-6-2-3-9-30(26)35,33(41)39-37-22-23-10-14-27(36)15-11-23)38-32(44-31)24-12-16-28(17-13-24)43-19-5-18-40/h2-4,6-17,20,31,37,40H,5,18-19,21-22H2,1H3,(H,39,41)/t31-,34-/m0/s1. The number of hydrogen-bond acceptors (Lipinski definition) is 7. The Kier molecular flexibility index (Phi) is 10.6. The van der Waals surface area contributed by atoms with Gasteiger partial charge in [-0.2, -0.15) is 0 Å². The van der Waals surface area contributed by atoms with Crippen molar-refractivity contribution in [3.05, 3.63) is 129 Å². The quantitative estimate of drug-likeness (QED) is 0.115. The molecule has 3 N–H and O–H groups in total. The van der Waals surface area contributed by atoms with E-state index in [9.17, 15) is 4.79 Å². The highest BCUT2D eigenvalue weighted by Crippen LogP contribution is 2.44. The fraction of sp³-hybridized carbons (Fsp3) is 0.235. The predicted octanol–water partition coefficient (Wildman–Crippen LogP) is 6.19. The molecule has 0 radical (unpaired) electrons. The molecule has 1 amide bonds. The normalized spacial score (nSPS) is 17.5. The predicted molar refractivity (Wildman–Crippen MR) is 174 cm³/mol. The molecule has 10 heteroatoms. The van der Waals surface area contributed by atoms with Gasteiger partial charge in [-0.3, -0.25) is 10.2 Å². The lowest BCUT2D eigenvalue weighted by atomic mass is 9.82. The van der Waals surface area contributed by atoms with E-state index < -0.39 is 11.6 Å². The van der Waals surface area contributed by atoms with Crippen LogP contribution in [-0.4, -0.2) is 42.8 Å². The molecule has 0 saturated carbocycles. The summed E-state index contributed by atoms with van der Waals surface area (Å²) in [5.41, 5.74) is 7.87. The molecule has 0 fully saturated rings. The number of halogens is 2. The molecule has 0 bridgehead atoms. The average Bonchev–Trinajstić information content (AvgIpc) is 3.44. The first kappa shape index (κ1) is 31.5. The second-order valence-corrected chi connectivity index (χ2v) is 11.6. The minimum Gasteiger partial charge on any atom is -0.497 e. The maximum absolute atomic E-state index is 14.4. The van der Waals surface area contributed by atoms with Crippen LogP contribution in [0, 0.1) is 0 Å². The van der Waals surface area contributed by atoms with Crippen LogP contribution in [0.3, 0.4) is 0 Å². The van der Waals surface area contributed by atoms with Gasteiger partial charge in [0.05, 0.1) is 13.7 Å². The zero-order valence-corrected chi connectivity index (χ0v) is 26.5. The van der Waals surface area contributed by atoms with Crippen LogP contribution in [0.25, 0.3) is 0 Å². The van der Waals surface area contributed by atoms with Crippen molar-refractivity contribution in [2.45, 2.75) is 31.0 Å². The van der Waals surface area contributed by atoms with Crippen LogP contribution in [-0.2, 0) is 22.5 Å². The van der Waals surface area contributed by atoms with Gasteiger partial charge in [-0.25, -0.2) is 10.4 Å². The van der Waals surface area contributed by atoms with Gasteiger partial charge in [0.25, 0.3) is 5.91 Å². The molecule has 2 atom stereocenters. The Morgan fingerprint density at radius 1 is 1.02 bits per heavy atom. The number of hydrazine groups is 1. The summed E-state index contributed by atoms with van der Waals surface area (Å²) in [5.74, 6) is 1.28. The van der Waals surface area contributed by atoms with Crippen LogP contribution in [0.2, 0.25) is 5.02 Å². The van der Waals surface area contributed by atoms with E-state index in [0.29, 0.717) is 47.6 Å². The lowest BCUT2D eigenvalue weighted by molar-refractivity contribution is -0.130. The average molecular weight is 679 g/mol. The number of aliphatic hydroxyl groups is 1. The van der Waals surface area contributed by atoms with Gasteiger partial charge in [0.1, 0.15) is 11.5 Å². The minimum atomic E-state index is -1.39. The molecule has 228 valence electrons. The number of methoxy groups -OCH3 is 1. The number of ether oxygens (including phenoxy) is 3. The highest BCUT2D eigenvalue weighted by molar-refractivity contribution is 9.10. The molecule has 0 saturated heterocycles. The van der Waals surface area contributed by atoms with Gasteiger partial charge in [0.15, 0.2) is 11.6 Å². The van der Waals surface area contributed by atoms with E-state index in [1.807, 2.05) is 84.9 Å². The first-order valence-corrected chi connectivity index (χ1v) is 15.3. The molecule has 0 aliphatic carbocycles.